The number of aryl methyl sites for hydroxylation is 1. The summed E-state index contributed by atoms with van der Waals surface area (Å²) in [4.78, 5) is 0.781. The fourth-order valence-corrected chi connectivity index (χ4v) is 2.76. The van der Waals surface area contributed by atoms with E-state index in [2.05, 4.69) is 0 Å². The van der Waals surface area contributed by atoms with Crippen LogP contribution < -0.4 is 4.31 Å². The van der Waals surface area contributed by atoms with Crippen molar-refractivity contribution in [2.45, 2.75) is 11.8 Å². The molecule has 2 aromatic rings. The molecular formula is C14H14ClNOS. The number of anilines is 1. The lowest BCUT2D eigenvalue weighted by molar-refractivity contribution is 0.682. The van der Waals surface area contributed by atoms with Crippen molar-refractivity contribution in [3.8, 4) is 0 Å². The highest BCUT2D eigenvalue weighted by Gasteiger charge is 2.11. The van der Waals surface area contributed by atoms with Gasteiger partial charge in [0.25, 0.3) is 0 Å². The molecule has 94 valence electrons. The summed E-state index contributed by atoms with van der Waals surface area (Å²) in [6.45, 7) is 2.01. The van der Waals surface area contributed by atoms with Crippen molar-refractivity contribution in [3.05, 3.63) is 59.1 Å². The standard InChI is InChI=1S/C14H14ClNOS/c1-11-6-8-14(9-7-11)18(17)16(2)13-5-3-4-12(15)10-13/h3-10H,1-2H3. The zero-order chi connectivity index (χ0) is 13.1. The van der Waals surface area contributed by atoms with Gasteiger partial charge in [-0.05, 0) is 37.3 Å². The Morgan fingerprint density at radius 3 is 2.39 bits per heavy atom. The Labute approximate surface area is 115 Å². The molecule has 0 heterocycles. The molecule has 0 saturated heterocycles. The van der Waals surface area contributed by atoms with E-state index in [4.69, 9.17) is 11.6 Å². The number of halogens is 1. The van der Waals surface area contributed by atoms with Crippen LogP contribution in [0.2, 0.25) is 5.02 Å². The summed E-state index contributed by atoms with van der Waals surface area (Å²) in [6.07, 6.45) is 0. The maximum absolute atomic E-state index is 12.4. The average molecular weight is 280 g/mol. The van der Waals surface area contributed by atoms with Gasteiger partial charge in [-0.3, -0.25) is 4.31 Å². The lowest BCUT2D eigenvalue weighted by Crippen LogP contribution is -2.20. The van der Waals surface area contributed by atoms with Gasteiger partial charge in [-0.2, -0.15) is 0 Å². The molecule has 0 radical (unpaired) electrons. The van der Waals surface area contributed by atoms with Crippen molar-refractivity contribution < 1.29 is 4.21 Å². The van der Waals surface area contributed by atoms with E-state index in [0.29, 0.717) is 5.02 Å². The molecule has 0 aliphatic heterocycles. The second-order valence-electron chi connectivity index (χ2n) is 4.04. The smallest absolute Gasteiger partial charge is 0.152 e. The van der Waals surface area contributed by atoms with Crippen molar-refractivity contribution in [2.24, 2.45) is 0 Å². The van der Waals surface area contributed by atoms with Crippen LogP contribution in [-0.4, -0.2) is 11.3 Å². The molecule has 4 heteroatoms. The van der Waals surface area contributed by atoms with Crippen LogP contribution in [0.15, 0.2) is 53.4 Å². The average Bonchev–Trinajstić information content (AvgIpc) is 2.38. The Bertz CT molecular complexity index is 568. The molecule has 0 saturated carbocycles. The van der Waals surface area contributed by atoms with E-state index >= 15 is 0 Å². The number of benzene rings is 2. The molecule has 2 rings (SSSR count). The van der Waals surface area contributed by atoms with Crippen LogP contribution >= 0.6 is 11.6 Å². The highest BCUT2D eigenvalue weighted by atomic mass is 35.5. The predicted molar refractivity (Wildman–Crippen MR) is 77.4 cm³/mol. The van der Waals surface area contributed by atoms with Gasteiger partial charge in [-0.1, -0.05) is 35.4 Å². The van der Waals surface area contributed by atoms with E-state index in [1.807, 2.05) is 43.3 Å². The molecule has 18 heavy (non-hydrogen) atoms. The van der Waals surface area contributed by atoms with Gasteiger partial charge in [0.2, 0.25) is 0 Å². The summed E-state index contributed by atoms with van der Waals surface area (Å²) >= 11 is 5.93. The molecule has 1 atom stereocenters. The first kappa shape index (κ1) is 13.1. The summed E-state index contributed by atoms with van der Waals surface area (Å²) in [5.74, 6) is 0. The molecular weight excluding hydrogens is 266 g/mol. The maximum atomic E-state index is 12.4. The van der Waals surface area contributed by atoms with Gasteiger partial charge in [0, 0.05) is 12.1 Å². The van der Waals surface area contributed by atoms with Crippen LogP contribution in [0.3, 0.4) is 0 Å². The Morgan fingerprint density at radius 2 is 1.78 bits per heavy atom. The molecule has 0 amide bonds. The summed E-state index contributed by atoms with van der Waals surface area (Å²) in [5, 5.41) is 0.639. The molecule has 0 aliphatic rings. The van der Waals surface area contributed by atoms with Crippen LogP contribution in [0.25, 0.3) is 0 Å². The Kier molecular flexibility index (Phi) is 4.04. The lowest BCUT2D eigenvalue weighted by atomic mass is 10.2. The third-order valence-corrected chi connectivity index (χ3v) is 4.26. The zero-order valence-corrected chi connectivity index (χ0v) is 11.8. The topological polar surface area (TPSA) is 20.3 Å². The van der Waals surface area contributed by atoms with E-state index in [9.17, 15) is 4.21 Å². The van der Waals surface area contributed by atoms with E-state index in [0.717, 1.165) is 16.1 Å². The summed E-state index contributed by atoms with van der Waals surface area (Å²) in [7, 11) is 0.572. The van der Waals surface area contributed by atoms with Crippen LogP contribution in [-0.2, 0) is 11.0 Å². The zero-order valence-electron chi connectivity index (χ0n) is 10.3. The monoisotopic (exact) mass is 279 g/mol. The van der Waals surface area contributed by atoms with Crippen molar-refractivity contribution in [3.63, 3.8) is 0 Å². The molecule has 0 spiro atoms. The Morgan fingerprint density at radius 1 is 1.11 bits per heavy atom. The first-order valence-electron chi connectivity index (χ1n) is 5.56. The summed E-state index contributed by atoms with van der Waals surface area (Å²) in [5.41, 5.74) is 1.99. The molecule has 0 N–H and O–H groups in total. The molecule has 0 bridgehead atoms. The minimum Gasteiger partial charge on any atom is -0.291 e. The van der Waals surface area contributed by atoms with Gasteiger partial charge in [0.05, 0.1) is 10.6 Å². The van der Waals surface area contributed by atoms with Crippen molar-refractivity contribution >= 4 is 28.3 Å². The quantitative estimate of drug-likeness (QED) is 0.837. The molecule has 2 nitrogen and oxygen atoms in total. The Hall–Kier alpha value is -1.32. The molecule has 0 aromatic heterocycles. The van der Waals surface area contributed by atoms with Gasteiger partial charge < -0.3 is 0 Å². The minimum absolute atomic E-state index is 0.639. The largest absolute Gasteiger partial charge is 0.291 e. The highest BCUT2D eigenvalue weighted by molar-refractivity contribution is 7.86. The van der Waals surface area contributed by atoms with Gasteiger partial charge in [-0.15, -0.1) is 0 Å². The number of hydrogen-bond donors (Lipinski definition) is 0. The SMILES string of the molecule is Cc1ccc(S(=O)N(C)c2cccc(Cl)c2)cc1. The molecule has 0 fully saturated rings. The number of rotatable bonds is 3. The fourth-order valence-electron chi connectivity index (χ4n) is 1.58. The van der Waals surface area contributed by atoms with E-state index in [-0.39, 0.29) is 0 Å². The lowest BCUT2D eigenvalue weighted by Gasteiger charge is -2.18. The minimum atomic E-state index is -1.22. The van der Waals surface area contributed by atoms with E-state index < -0.39 is 11.0 Å². The Balaban J connectivity index is 2.26. The van der Waals surface area contributed by atoms with Crippen molar-refractivity contribution in [2.75, 3.05) is 11.4 Å². The first-order chi connectivity index (χ1) is 8.58. The van der Waals surface area contributed by atoms with Crippen LogP contribution in [0.4, 0.5) is 5.69 Å². The van der Waals surface area contributed by atoms with Gasteiger partial charge in [0.1, 0.15) is 0 Å². The fraction of sp³-hybridized carbons (Fsp3) is 0.143. The number of hydrogen-bond acceptors (Lipinski definition) is 1. The van der Waals surface area contributed by atoms with E-state index in [1.54, 1.807) is 23.5 Å². The number of nitrogens with zero attached hydrogens (tertiary/aromatic N) is 1. The molecule has 0 aliphatic carbocycles. The summed E-state index contributed by atoms with van der Waals surface area (Å²) in [6, 6.07) is 15.0. The van der Waals surface area contributed by atoms with Gasteiger partial charge in [0.15, 0.2) is 11.0 Å². The second kappa shape index (κ2) is 5.55. The summed E-state index contributed by atoms with van der Waals surface area (Å²) < 4.78 is 14.1. The maximum Gasteiger partial charge on any atom is 0.152 e. The van der Waals surface area contributed by atoms with Crippen LogP contribution in [0.5, 0.6) is 0 Å². The van der Waals surface area contributed by atoms with Crippen LogP contribution in [0, 0.1) is 6.92 Å². The highest BCUT2D eigenvalue weighted by Crippen LogP contribution is 2.22. The normalized spacial score (nSPS) is 12.2. The molecule has 2 aromatic carbocycles. The molecule has 1 unspecified atom stereocenters. The van der Waals surface area contributed by atoms with Crippen LogP contribution in [0.1, 0.15) is 5.56 Å². The van der Waals surface area contributed by atoms with Crippen molar-refractivity contribution in [1.29, 1.82) is 0 Å². The third kappa shape index (κ3) is 2.92. The second-order valence-corrected chi connectivity index (χ2v) is 5.99. The van der Waals surface area contributed by atoms with Gasteiger partial charge in [-0.25, -0.2) is 4.21 Å². The van der Waals surface area contributed by atoms with Crippen molar-refractivity contribution in [1.82, 2.24) is 0 Å². The first-order valence-corrected chi connectivity index (χ1v) is 7.04. The predicted octanol–water partition coefficient (Wildman–Crippen LogP) is 3.81. The van der Waals surface area contributed by atoms with Gasteiger partial charge >= 0.3 is 0 Å². The third-order valence-electron chi connectivity index (χ3n) is 2.64. The van der Waals surface area contributed by atoms with E-state index in [1.165, 1.54) is 0 Å².